The van der Waals surface area contributed by atoms with Crippen LogP contribution < -0.4 is 4.72 Å². The van der Waals surface area contributed by atoms with Crippen LogP contribution in [0, 0.1) is 11.6 Å². The third kappa shape index (κ3) is 3.76. The number of benzene rings is 1. The highest BCUT2D eigenvalue weighted by Crippen LogP contribution is 2.34. The van der Waals surface area contributed by atoms with E-state index < -0.39 is 38.1 Å². The van der Waals surface area contributed by atoms with Crippen molar-refractivity contribution in [1.82, 2.24) is 4.72 Å². The van der Waals surface area contributed by atoms with Crippen LogP contribution in [0.3, 0.4) is 0 Å². The Morgan fingerprint density at radius 1 is 1.19 bits per heavy atom. The largest absolute Gasteiger partial charge is 0.481 e. The topological polar surface area (TPSA) is 83.5 Å². The average molecular weight is 319 g/mol. The highest BCUT2D eigenvalue weighted by atomic mass is 32.2. The Morgan fingerprint density at radius 2 is 1.71 bits per heavy atom. The first-order valence-electron chi connectivity index (χ1n) is 6.44. The number of sulfonamides is 1. The van der Waals surface area contributed by atoms with E-state index in [1.807, 2.05) is 0 Å². The molecule has 0 heterocycles. The van der Waals surface area contributed by atoms with Gasteiger partial charge < -0.3 is 5.11 Å². The van der Waals surface area contributed by atoms with E-state index in [1.54, 1.807) is 0 Å². The summed E-state index contributed by atoms with van der Waals surface area (Å²) < 4.78 is 53.1. The summed E-state index contributed by atoms with van der Waals surface area (Å²) in [5.41, 5.74) is -1.09. The zero-order chi connectivity index (χ0) is 15.7. The van der Waals surface area contributed by atoms with Gasteiger partial charge in [-0.05, 0) is 25.0 Å². The molecule has 0 aliphatic heterocycles. The smallest absolute Gasteiger partial charge is 0.305 e. The number of rotatable bonds is 5. The van der Waals surface area contributed by atoms with Crippen LogP contribution in [0.5, 0.6) is 0 Å². The van der Waals surface area contributed by atoms with Crippen molar-refractivity contribution in [1.29, 1.82) is 0 Å². The lowest BCUT2D eigenvalue weighted by molar-refractivity contribution is -0.138. The number of carbonyl (C=O) groups is 1. The van der Waals surface area contributed by atoms with Gasteiger partial charge in [0.05, 0.1) is 11.3 Å². The lowest BCUT2D eigenvalue weighted by atomic mass is 9.95. The van der Waals surface area contributed by atoms with E-state index in [-0.39, 0.29) is 6.42 Å². The van der Waals surface area contributed by atoms with Crippen molar-refractivity contribution >= 4 is 16.0 Å². The summed E-state index contributed by atoms with van der Waals surface area (Å²) in [6.45, 7) is 0. The summed E-state index contributed by atoms with van der Waals surface area (Å²) in [5, 5.41) is 8.94. The molecule has 2 rings (SSSR count). The summed E-state index contributed by atoms with van der Waals surface area (Å²) >= 11 is 0. The first kappa shape index (κ1) is 15.8. The lowest BCUT2D eigenvalue weighted by Crippen LogP contribution is -2.47. The third-order valence-corrected chi connectivity index (χ3v) is 5.11. The van der Waals surface area contributed by atoms with Crippen LogP contribution in [0.25, 0.3) is 0 Å². The van der Waals surface area contributed by atoms with Crippen molar-refractivity contribution in [3.63, 3.8) is 0 Å². The van der Waals surface area contributed by atoms with E-state index in [4.69, 9.17) is 5.11 Å². The Hall–Kier alpha value is -1.54. The van der Waals surface area contributed by atoms with Crippen molar-refractivity contribution in [2.45, 2.75) is 42.5 Å². The van der Waals surface area contributed by atoms with Crippen molar-refractivity contribution in [2.75, 3.05) is 0 Å². The molecule has 1 saturated carbocycles. The number of hydrogen-bond acceptors (Lipinski definition) is 3. The molecule has 0 unspecified atom stereocenters. The fourth-order valence-electron chi connectivity index (χ4n) is 2.68. The van der Waals surface area contributed by atoms with Crippen LogP contribution in [-0.2, 0) is 14.8 Å². The summed E-state index contributed by atoms with van der Waals surface area (Å²) in [4.78, 5) is 10.4. The van der Waals surface area contributed by atoms with Gasteiger partial charge in [0.15, 0.2) is 0 Å². The highest BCUT2D eigenvalue weighted by Gasteiger charge is 2.40. The summed E-state index contributed by atoms with van der Waals surface area (Å²) in [5.74, 6) is -3.13. The summed E-state index contributed by atoms with van der Waals surface area (Å²) in [6, 6.07) is 1.98. The van der Waals surface area contributed by atoms with Crippen LogP contribution in [-0.4, -0.2) is 25.0 Å². The van der Waals surface area contributed by atoms with E-state index in [2.05, 4.69) is 4.72 Å². The Balaban J connectivity index is 2.32. The molecule has 0 amide bonds. The van der Waals surface area contributed by atoms with Crippen molar-refractivity contribution < 1.29 is 27.1 Å². The summed E-state index contributed by atoms with van der Waals surface area (Å²) in [7, 11) is -4.19. The molecule has 0 spiro atoms. The third-order valence-electron chi connectivity index (χ3n) is 3.55. The van der Waals surface area contributed by atoms with Crippen molar-refractivity contribution in [3.8, 4) is 0 Å². The lowest BCUT2D eigenvalue weighted by Gasteiger charge is -2.28. The van der Waals surface area contributed by atoms with E-state index >= 15 is 0 Å². The van der Waals surface area contributed by atoms with Gasteiger partial charge in [-0.15, -0.1) is 0 Å². The predicted octanol–water partition coefficient (Wildman–Crippen LogP) is 2.03. The summed E-state index contributed by atoms with van der Waals surface area (Å²) in [6.07, 6.45) is 1.82. The average Bonchev–Trinajstić information content (AvgIpc) is 2.74. The minimum absolute atomic E-state index is 0.357. The minimum atomic E-state index is -4.19. The van der Waals surface area contributed by atoms with Gasteiger partial charge in [0.1, 0.15) is 11.6 Å². The van der Waals surface area contributed by atoms with E-state index in [9.17, 15) is 22.0 Å². The van der Waals surface area contributed by atoms with Gasteiger partial charge in [-0.1, -0.05) is 12.8 Å². The molecule has 0 saturated heterocycles. The minimum Gasteiger partial charge on any atom is -0.481 e. The second-order valence-corrected chi connectivity index (χ2v) is 6.95. The van der Waals surface area contributed by atoms with E-state index in [0.29, 0.717) is 43.9 Å². The molecule has 116 valence electrons. The van der Waals surface area contributed by atoms with E-state index in [0.717, 1.165) is 0 Å². The van der Waals surface area contributed by atoms with Crippen molar-refractivity contribution in [3.05, 3.63) is 29.8 Å². The molecule has 21 heavy (non-hydrogen) atoms. The first-order chi connectivity index (χ1) is 9.72. The molecule has 0 bridgehead atoms. The Morgan fingerprint density at radius 3 is 2.19 bits per heavy atom. The molecule has 5 nitrogen and oxygen atoms in total. The van der Waals surface area contributed by atoms with Gasteiger partial charge in [0.25, 0.3) is 0 Å². The number of halogens is 2. The van der Waals surface area contributed by atoms with Gasteiger partial charge in [-0.2, -0.15) is 0 Å². The van der Waals surface area contributed by atoms with Gasteiger partial charge in [0, 0.05) is 11.6 Å². The quantitative estimate of drug-likeness (QED) is 0.870. The molecule has 2 N–H and O–H groups in total. The predicted molar refractivity (Wildman–Crippen MR) is 70.1 cm³/mol. The Kier molecular flexibility index (Phi) is 4.29. The molecule has 0 atom stereocenters. The second-order valence-electron chi connectivity index (χ2n) is 5.27. The molecule has 8 heteroatoms. The molecule has 1 aliphatic rings. The maximum Gasteiger partial charge on any atom is 0.305 e. The zero-order valence-electron chi connectivity index (χ0n) is 11.1. The van der Waals surface area contributed by atoms with Gasteiger partial charge in [-0.25, -0.2) is 21.9 Å². The molecule has 1 aromatic carbocycles. The second kappa shape index (κ2) is 5.69. The van der Waals surface area contributed by atoms with E-state index in [1.165, 1.54) is 0 Å². The number of carboxylic acids is 1. The van der Waals surface area contributed by atoms with Crippen molar-refractivity contribution in [2.24, 2.45) is 0 Å². The molecule has 1 fully saturated rings. The molecule has 1 aromatic rings. The number of carboxylic acid groups (broad SMARTS) is 1. The fraction of sp³-hybridized carbons (Fsp3) is 0.462. The fourth-order valence-corrected chi connectivity index (χ4v) is 4.18. The Bertz CT molecular complexity index is 634. The van der Waals surface area contributed by atoms with Crippen LogP contribution in [0.1, 0.15) is 32.1 Å². The molecule has 0 aromatic heterocycles. The van der Waals surface area contributed by atoms with Crippen LogP contribution in [0.15, 0.2) is 23.1 Å². The molecule has 0 radical (unpaired) electrons. The molecule has 1 aliphatic carbocycles. The molecular weight excluding hydrogens is 304 g/mol. The van der Waals surface area contributed by atoms with Crippen LogP contribution in [0.4, 0.5) is 8.78 Å². The first-order valence-corrected chi connectivity index (χ1v) is 7.93. The number of aliphatic carboxylic acids is 1. The maximum atomic E-state index is 13.2. The van der Waals surface area contributed by atoms with Crippen LogP contribution >= 0.6 is 0 Å². The van der Waals surface area contributed by atoms with Gasteiger partial charge >= 0.3 is 5.97 Å². The van der Waals surface area contributed by atoms with Gasteiger partial charge in [0.2, 0.25) is 10.0 Å². The maximum absolute atomic E-state index is 13.2. The highest BCUT2D eigenvalue weighted by molar-refractivity contribution is 7.89. The zero-order valence-corrected chi connectivity index (χ0v) is 11.9. The monoisotopic (exact) mass is 319 g/mol. The number of hydrogen-bond donors (Lipinski definition) is 2. The standard InChI is InChI=1S/C13H15F2NO4S/c14-9-5-10(15)7-11(6-9)21(19,20)16-13(8-12(17)18)3-1-2-4-13/h5-7,16H,1-4,8H2,(H,17,18). The normalized spacial score (nSPS) is 17.8. The van der Waals surface area contributed by atoms with Gasteiger partial charge in [-0.3, -0.25) is 4.79 Å². The van der Waals surface area contributed by atoms with Crippen LogP contribution in [0.2, 0.25) is 0 Å². The SMILES string of the molecule is O=C(O)CC1(NS(=O)(=O)c2cc(F)cc(F)c2)CCCC1. The number of nitrogens with one attached hydrogen (secondary N) is 1. The molecular formula is C13H15F2NO4S. The Labute approximate surface area is 121 Å².